The van der Waals surface area contributed by atoms with Crippen LogP contribution in [0.4, 0.5) is 5.69 Å². The molecule has 0 bridgehead atoms. The van der Waals surface area contributed by atoms with Crippen LogP contribution in [0.15, 0.2) is 57.5 Å². The lowest BCUT2D eigenvalue weighted by atomic mass is 10.1. The molecule has 0 atom stereocenters. The first-order chi connectivity index (χ1) is 14.8. The van der Waals surface area contributed by atoms with Gasteiger partial charge in [0.05, 0.1) is 6.54 Å². The number of aryl methyl sites for hydroxylation is 2. The topological polar surface area (TPSA) is 111 Å². The van der Waals surface area contributed by atoms with Gasteiger partial charge in [-0.1, -0.05) is 51.4 Å². The highest BCUT2D eigenvalue weighted by Crippen LogP contribution is 2.25. The third-order valence-electron chi connectivity index (χ3n) is 4.36. The van der Waals surface area contributed by atoms with Crippen molar-refractivity contribution in [2.24, 2.45) is 0 Å². The molecule has 0 saturated heterocycles. The minimum atomic E-state index is -0.734. The number of nitrogens with zero attached hydrogens (tertiary/aromatic N) is 1. The average Bonchev–Trinajstić information content (AvgIpc) is 3.14. The molecular weight excluding hydrogens is 466 g/mol. The Bertz CT molecular complexity index is 1110. The van der Waals surface area contributed by atoms with E-state index in [1.54, 1.807) is 31.2 Å². The summed E-state index contributed by atoms with van der Waals surface area (Å²) in [5.41, 5.74) is 2.71. The van der Waals surface area contributed by atoms with Crippen molar-refractivity contribution in [3.05, 3.63) is 69.9 Å². The molecule has 9 heteroatoms. The van der Waals surface area contributed by atoms with Gasteiger partial charge in [-0.15, -0.1) is 0 Å². The maximum absolute atomic E-state index is 12.5. The first-order valence-electron chi connectivity index (χ1n) is 9.36. The fourth-order valence-electron chi connectivity index (χ4n) is 2.80. The molecule has 0 fully saturated rings. The summed E-state index contributed by atoms with van der Waals surface area (Å²) in [6.45, 7) is 2.65. The van der Waals surface area contributed by atoms with E-state index in [1.807, 2.05) is 31.2 Å². The summed E-state index contributed by atoms with van der Waals surface area (Å²) >= 11 is 3.36. The normalized spacial score (nSPS) is 10.4. The van der Waals surface area contributed by atoms with Gasteiger partial charge in [-0.3, -0.25) is 9.59 Å². The highest BCUT2D eigenvalue weighted by atomic mass is 79.9. The Morgan fingerprint density at radius 2 is 1.81 bits per heavy atom. The lowest BCUT2D eigenvalue weighted by molar-refractivity contribution is -0.126. The first-order valence-corrected chi connectivity index (χ1v) is 10.2. The van der Waals surface area contributed by atoms with Crippen LogP contribution in [0.3, 0.4) is 0 Å². The number of benzene rings is 2. The van der Waals surface area contributed by atoms with Gasteiger partial charge in [0.25, 0.3) is 5.91 Å². The summed E-state index contributed by atoms with van der Waals surface area (Å²) in [5, 5.41) is 9.04. The zero-order valence-electron chi connectivity index (χ0n) is 16.9. The summed E-state index contributed by atoms with van der Waals surface area (Å²) in [4.78, 5) is 36.6. The monoisotopic (exact) mass is 485 g/mol. The van der Waals surface area contributed by atoms with Gasteiger partial charge in [-0.2, -0.15) is 0 Å². The predicted molar refractivity (Wildman–Crippen MR) is 117 cm³/mol. The Labute approximate surface area is 187 Å². The molecule has 8 nitrogen and oxygen atoms in total. The van der Waals surface area contributed by atoms with Gasteiger partial charge in [0.2, 0.25) is 5.91 Å². The van der Waals surface area contributed by atoms with Crippen LogP contribution in [0.2, 0.25) is 0 Å². The molecule has 2 N–H and O–H groups in total. The SMILES string of the molecule is Cc1cc(Br)ccc1NC(=O)CNC(=O)COC(=O)c1c(-c2ccccc2)noc1C. The van der Waals surface area contributed by atoms with E-state index in [-0.39, 0.29) is 17.9 Å². The number of ether oxygens (including phenoxy) is 1. The Morgan fingerprint density at radius 1 is 1.06 bits per heavy atom. The molecule has 160 valence electrons. The number of aromatic nitrogens is 1. The Kier molecular flexibility index (Phi) is 7.19. The summed E-state index contributed by atoms with van der Waals surface area (Å²) in [5.74, 6) is -1.45. The minimum Gasteiger partial charge on any atom is -0.452 e. The second-order valence-corrected chi connectivity index (χ2v) is 7.60. The average molecular weight is 486 g/mol. The third-order valence-corrected chi connectivity index (χ3v) is 4.85. The largest absolute Gasteiger partial charge is 0.452 e. The van der Waals surface area contributed by atoms with Crippen molar-refractivity contribution < 1.29 is 23.6 Å². The van der Waals surface area contributed by atoms with E-state index in [1.165, 1.54) is 0 Å². The molecule has 0 aliphatic rings. The van der Waals surface area contributed by atoms with E-state index in [9.17, 15) is 14.4 Å². The number of halogens is 1. The second kappa shape index (κ2) is 10.0. The van der Waals surface area contributed by atoms with Gasteiger partial charge in [0, 0.05) is 15.7 Å². The minimum absolute atomic E-state index is 0.155. The quantitative estimate of drug-likeness (QED) is 0.494. The standard InChI is InChI=1S/C22H20BrN3O5/c1-13-10-16(23)8-9-17(13)25-18(27)11-24-19(28)12-30-22(29)20-14(2)31-26-21(20)15-6-4-3-5-7-15/h3-10H,11-12H2,1-2H3,(H,24,28)(H,25,27). The smallest absolute Gasteiger partial charge is 0.344 e. The molecule has 2 amide bonds. The van der Waals surface area contributed by atoms with Crippen LogP contribution in [0, 0.1) is 13.8 Å². The van der Waals surface area contributed by atoms with Crippen LogP contribution in [0.1, 0.15) is 21.7 Å². The van der Waals surface area contributed by atoms with Crippen LogP contribution in [-0.2, 0) is 14.3 Å². The van der Waals surface area contributed by atoms with E-state index in [2.05, 4.69) is 31.7 Å². The fraction of sp³-hybridized carbons (Fsp3) is 0.182. The molecule has 1 aromatic heterocycles. The lowest BCUT2D eigenvalue weighted by Crippen LogP contribution is -2.35. The molecular formula is C22H20BrN3O5. The molecule has 31 heavy (non-hydrogen) atoms. The second-order valence-electron chi connectivity index (χ2n) is 6.69. The van der Waals surface area contributed by atoms with E-state index < -0.39 is 24.4 Å². The molecule has 0 spiro atoms. The van der Waals surface area contributed by atoms with Crippen molar-refractivity contribution in [2.45, 2.75) is 13.8 Å². The van der Waals surface area contributed by atoms with Crippen LogP contribution >= 0.6 is 15.9 Å². The van der Waals surface area contributed by atoms with Crippen molar-refractivity contribution in [3.63, 3.8) is 0 Å². The van der Waals surface area contributed by atoms with Gasteiger partial charge in [-0.05, 0) is 37.6 Å². The number of carbonyl (C=O) groups excluding carboxylic acids is 3. The van der Waals surface area contributed by atoms with E-state index >= 15 is 0 Å². The van der Waals surface area contributed by atoms with Gasteiger partial charge in [-0.25, -0.2) is 4.79 Å². The molecule has 1 heterocycles. The highest BCUT2D eigenvalue weighted by molar-refractivity contribution is 9.10. The van der Waals surface area contributed by atoms with E-state index in [4.69, 9.17) is 9.26 Å². The zero-order valence-corrected chi connectivity index (χ0v) is 18.5. The third kappa shape index (κ3) is 5.79. The highest BCUT2D eigenvalue weighted by Gasteiger charge is 2.23. The van der Waals surface area contributed by atoms with Crippen LogP contribution in [0.5, 0.6) is 0 Å². The fourth-order valence-corrected chi connectivity index (χ4v) is 3.28. The van der Waals surface area contributed by atoms with Crippen molar-refractivity contribution >= 4 is 39.4 Å². The summed E-state index contributed by atoms with van der Waals surface area (Å²) < 4.78 is 11.1. The van der Waals surface area contributed by atoms with Crippen LogP contribution in [0.25, 0.3) is 11.3 Å². The number of nitrogens with one attached hydrogen (secondary N) is 2. The maximum atomic E-state index is 12.5. The number of esters is 1. The predicted octanol–water partition coefficient (Wildman–Crippen LogP) is 3.63. The molecule has 0 aliphatic heterocycles. The molecule has 3 rings (SSSR count). The van der Waals surface area contributed by atoms with Crippen LogP contribution < -0.4 is 10.6 Å². The summed E-state index contributed by atoms with van der Waals surface area (Å²) in [6, 6.07) is 14.4. The van der Waals surface area contributed by atoms with Crippen molar-refractivity contribution in [1.29, 1.82) is 0 Å². The zero-order chi connectivity index (χ0) is 22.4. The molecule has 0 unspecified atom stereocenters. The van der Waals surface area contributed by atoms with Gasteiger partial charge in [0.15, 0.2) is 6.61 Å². The molecule has 0 aliphatic carbocycles. The first kappa shape index (κ1) is 22.2. The number of anilines is 1. The molecule has 0 radical (unpaired) electrons. The van der Waals surface area contributed by atoms with Crippen molar-refractivity contribution in [1.82, 2.24) is 10.5 Å². The Morgan fingerprint density at radius 3 is 2.52 bits per heavy atom. The Hall–Kier alpha value is -3.46. The molecule has 3 aromatic rings. The summed E-state index contributed by atoms with van der Waals surface area (Å²) in [7, 11) is 0. The number of amides is 2. The van der Waals surface area contributed by atoms with E-state index in [0.29, 0.717) is 16.9 Å². The molecule has 0 saturated carbocycles. The van der Waals surface area contributed by atoms with Gasteiger partial charge < -0.3 is 19.9 Å². The van der Waals surface area contributed by atoms with Crippen molar-refractivity contribution in [3.8, 4) is 11.3 Å². The van der Waals surface area contributed by atoms with Gasteiger partial charge >= 0.3 is 5.97 Å². The van der Waals surface area contributed by atoms with E-state index in [0.717, 1.165) is 10.0 Å². The maximum Gasteiger partial charge on any atom is 0.344 e. The van der Waals surface area contributed by atoms with Gasteiger partial charge in [0.1, 0.15) is 17.0 Å². The number of hydrogen-bond acceptors (Lipinski definition) is 6. The number of carbonyl (C=O) groups is 3. The molecule has 2 aromatic carbocycles. The number of rotatable bonds is 7. The summed E-state index contributed by atoms with van der Waals surface area (Å²) in [6.07, 6.45) is 0. The van der Waals surface area contributed by atoms with Crippen LogP contribution in [-0.4, -0.2) is 36.1 Å². The van der Waals surface area contributed by atoms with Crippen molar-refractivity contribution in [2.75, 3.05) is 18.5 Å². The Balaban J connectivity index is 1.52. The lowest BCUT2D eigenvalue weighted by Gasteiger charge is -2.10. The number of hydrogen-bond donors (Lipinski definition) is 2.